The van der Waals surface area contributed by atoms with Gasteiger partial charge in [-0.3, -0.25) is 0 Å². The van der Waals surface area contributed by atoms with Crippen LogP contribution in [0.3, 0.4) is 0 Å². The van der Waals surface area contributed by atoms with E-state index in [2.05, 4.69) is 10.3 Å². The minimum Gasteiger partial charge on any atom is -0.331 e. The Bertz CT molecular complexity index is 409. The second-order valence-corrected chi connectivity index (χ2v) is 4.62. The zero-order valence-electron chi connectivity index (χ0n) is 10.5. The highest BCUT2D eigenvalue weighted by Gasteiger charge is 2.28. The lowest BCUT2D eigenvalue weighted by Crippen LogP contribution is -2.25. The van der Waals surface area contributed by atoms with Gasteiger partial charge in [0.15, 0.2) is 0 Å². The Labute approximate surface area is 104 Å². The highest BCUT2D eigenvalue weighted by atomic mass is 19.4. The van der Waals surface area contributed by atoms with Crippen LogP contribution in [0.2, 0.25) is 0 Å². The van der Waals surface area contributed by atoms with Gasteiger partial charge in [0, 0.05) is 38.2 Å². The van der Waals surface area contributed by atoms with Crippen LogP contribution in [0.5, 0.6) is 0 Å². The van der Waals surface area contributed by atoms with Crippen LogP contribution in [-0.4, -0.2) is 22.3 Å². The van der Waals surface area contributed by atoms with E-state index in [9.17, 15) is 13.2 Å². The predicted octanol–water partition coefficient (Wildman–Crippen LogP) is 2.43. The minimum atomic E-state index is -4.10. The van der Waals surface area contributed by atoms with Crippen molar-refractivity contribution < 1.29 is 13.2 Å². The minimum absolute atomic E-state index is 0.00116. The first-order valence-corrected chi connectivity index (χ1v) is 6.36. The average molecular weight is 261 g/mol. The maximum absolute atomic E-state index is 12.4. The molecule has 0 amide bonds. The average Bonchev–Trinajstić information content (AvgIpc) is 2.63. The van der Waals surface area contributed by atoms with Gasteiger partial charge in [-0.2, -0.15) is 13.2 Å². The molecule has 0 unspecified atom stereocenters. The molecule has 1 aromatic rings. The molecule has 0 aliphatic carbocycles. The van der Waals surface area contributed by atoms with E-state index in [1.807, 2.05) is 6.92 Å². The predicted molar refractivity (Wildman–Crippen MR) is 62.3 cm³/mol. The van der Waals surface area contributed by atoms with Crippen LogP contribution >= 0.6 is 0 Å². The molecule has 0 aromatic carbocycles. The van der Waals surface area contributed by atoms with E-state index in [4.69, 9.17) is 0 Å². The third-order valence-corrected chi connectivity index (χ3v) is 3.16. The molecule has 18 heavy (non-hydrogen) atoms. The van der Waals surface area contributed by atoms with Crippen molar-refractivity contribution in [1.29, 1.82) is 0 Å². The first-order chi connectivity index (χ1) is 8.51. The Hall–Kier alpha value is -1.04. The molecule has 1 aromatic heterocycles. The molecule has 0 fully saturated rings. The molecule has 3 nitrogen and oxygen atoms in total. The van der Waals surface area contributed by atoms with Crippen molar-refractivity contribution in [3.05, 3.63) is 17.2 Å². The maximum atomic E-state index is 12.4. The van der Waals surface area contributed by atoms with E-state index in [1.165, 1.54) is 0 Å². The molecular weight excluding hydrogens is 243 g/mol. The molecule has 1 N–H and O–H groups in total. The van der Waals surface area contributed by atoms with Crippen molar-refractivity contribution in [3.63, 3.8) is 0 Å². The Kier molecular flexibility index (Phi) is 3.94. The second kappa shape index (κ2) is 5.30. The molecule has 6 heteroatoms. The van der Waals surface area contributed by atoms with Crippen LogP contribution in [0.4, 0.5) is 13.2 Å². The molecule has 0 atom stereocenters. The molecule has 1 aliphatic heterocycles. The number of rotatable bonds is 4. The first-order valence-electron chi connectivity index (χ1n) is 6.36. The molecule has 1 aliphatic rings. The summed E-state index contributed by atoms with van der Waals surface area (Å²) in [6.45, 7) is 3.50. The van der Waals surface area contributed by atoms with Crippen molar-refractivity contribution in [2.75, 3.05) is 6.54 Å². The first kappa shape index (κ1) is 13.4. The Balaban J connectivity index is 2.22. The van der Waals surface area contributed by atoms with Crippen LogP contribution in [-0.2, 0) is 25.9 Å². The van der Waals surface area contributed by atoms with Gasteiger partial charge < -0.3 is 9.88 Å². The van der Waals surface area contributed by atoms with Gasteiger partial charge in [-0.15, -0.1) is 0 Å². The normalized spacial score (nSPS) is 15.8. The highest BCUT2D eigenvalue weighted by molar-refractivity contribution is 5.20. The van der Waals surface area contributed by atoms with Crippen molar-refractivity contribution >= 4 is 0 Å². The van der Waals surface area contributed by atoms with E-state index in [0.717, 1.165) is 43.0 Å². The third-order valence-electron chi connectivity index (χ3n) is 3.16. The Morgan fingerprint density at radius 2 is 2.17 bits per heavy atom. The van der Waals surface area contributed by atoms with Gasteiger partial charge in [0.2, 0.25) is 0 Å². The Morgan fingerprint density at radius 3 is 2.83 bits per heavy atom. The summed E-state index contributed by atoms with van der Waals surface area (Å²) in [6.07, 6.45) is -2.47. The lowest BCUT2D eigenvalue weighted by atomic mass is 10.2. The van der Waals surface area contributed by atoms with Crippen molar-refractivity contribution in [1.82, 2.24) is 14.9 Å². The summed E-state index contributed by atoms with van der Waals surface area (Å²) in [4.78, 5) is 4.47. The molecule has 0 saturated carbocycles. The SMILES string of the molecule is CCCc1nc2c(n1CCC(F)(F)F)CCNC2. The quantitative estimate of drug-likeness (QED) is 0.902. The third kappa shape index (κ3) is 3.04. The molecule has 2 heterocycles. The second-order valence-electron chi connectivity index (χ2n) is 4.62. The molecule has 0 bridgehead atoms. The van der Waals surface area contributed by atoms with E-state index >= 15 is 0 Å². The van der Waals surface area contributed by atoms with Gasteiger partial charge in [-0.05, 0) is 6.42 Å². The van der Waals surface area contributed by atoms with Crippen LogP contribution in [0, 0.1) is 0 Å². The summed E-state index contributed by atoms with van der Waals surface area (Å²) >= 11 is 0. The van der Waals surface area contributed by atoms with Gasteiger partial charge in [0.05, 0.1) is 12.1 Å². The summed E-state index contributed by atoms with van der Waals surface area (Å²) < 4.78 is 38.8. The van der Waals surface area contributed by atoms with Crippen LogP contribution in [0.1, 0.15) is 37.0 Å². The van der Waals surface area contributed by atoms with Crippen LogP contribution < -0.4 is 5.32 Å². The highest BCUT2D eigenvalue weighted by Crippen LogP contribution is 2.24. The fourth-order valence-electron chi connectivity index (χ4n) is 2.34. The zero-order chi connectivity index (χ0) is 13.2. The fraction of sp³-hybridized carbons (Fsp3) is 0.750. The number of hydrogen-bond acceptors (Lipinski definition) is 2. The zero-order valence-corrected chi connectivity index (χ0v) is 10.5. The molecule has 0 spiro atoms. The number of fused-ring (bicyclic) bond motifs is 1. The van der Waals surface area contributed by atoms with Crippen molar-refractivity contribution in [2.45, 2.75) is 51.9 Å². The number of aryl methyl sites for hydroxylation is 1. The summed E-state index contributed by atoms with van der Waals surface area (Å²) in [5.74, 6) is 0.801. The van der Waals surface area contributed by atoms with Gasteiger partial charge in [0.25, 0.3) is 0 Å². The van der Waals surface area contributed by atoms with Crippen molar-refractivity contribution in [3.8, 4) is 0 Å². The number of imidazole rings is 1. The topological polar surface area (TPSA) is 29.9 Å². The fourth-order valence-corrected chi connectivity index (χ4v) is 2.34. The van der Waals surface area contributed by atoms with E-state index < -0.39 is 12.6 Å². The van der Waals surface area contributed by atoms with Gasteiger partial charge in [0.1, 0.15) is 5.82 Å². The smallest absolute Gasteiger partial charge is 0.331 e. The number of hydrogen-bond donors (Lipinski definition) is 1. The number of nitrogens with one attached hydrogen (secondary N) is 1. The number of halogens is 3. The van der Waals surface area contributed by atoms with Crippen LogP contribution in [0.25, 0.3) is 0 Å². The van der Waals surface area contributed by atoms with Crippen LogP contribution in [0.15, 0.2) is 0 Å². The maximum Gasteiger partial charge on any atom is 0.390 e. The van der Waals surface area contributed by atoms with Gasteiger partial charge in [-0.1, -0.05) is 6.92 Å². The Morgan fingerprint density at radius 1 is 1.39 bits per heavy atom. The summed E-state index contributed by atoms with van der Waals surface area (Å²) in [6, 6.07) is 0. The van der Waals surface area contributed by atoms with Crippen molar-refractivity contribution in [2.24, 2.45) is 0 Å². The van der Waals surface area contributed by atoms with E-state index in [0.29, 0.717) is 6.54 Å². The van der Waals surface area contributed by atoms with Gasteiger partial charge >= 0.3 is 6.18 Å². The number of alkyl halides is 3. The largest absolute Gasteiger partial charge is 0.390 e. The summed E-state index contributed by atoms with van der Waals surface area (Å²) in [7, 11) is 0. The molecule has 102 valence electrons. The molecular formula is C12H18F3N3. The lowest BCUT2D eigenvalue weighted by molar-refractivity contribution is -0.136. The van der Waals surface area contributed by atoms with Gasteiger partial charge in [-0.25, -0.2) is 4.98 Å². The van der Waals surface area contributed by atoms with E-state index in [1.54, 1.807) is 4.57 Å². The number of nitrogens with zero attached hydrogens (tertiary/aromatic N) is 2. The summed E-state index contributed by atoms with van der Waals surface area (Å²) in [5, 5.41) is 3.20. The molecule has 0 radical (unpaired) electrons. The lowest BCUT2D eigenvalue weighted by Gasteiger charge is -2.17. The summed E-state index contributed by atoms with van der Waals surface area (Å²) in [5.41, 5.74) is 1.91. The monoisotopic (exact) mass is 261 g/mol. The van der Waals surface area contributed by atoms with E-state index in [-0.39, 0.29) is 6.54 Å². The number of aromatic nitrogens is 2. The standard InChI is InChI=1S/C12H18F3N3/c1-2-3-11-17-9-8-16-6-4-10(9)18(11)7-5-12(13,14)15/h16H,2-8H2,1H3. The molecule has 2 rings (SSSR count). The molecule has 0 saturated heterocycles.